The Morgan fingerprint density at radius 2 is 1.80 bits per heavy atom. The van der Waals surface area contributed by atoms with Gasteiger partial charge in [-0.1, -0.05) is 29.8 Å². The minimum atomic E-state index is -4.59. The lowest BCUT2D eigenvalue weighted by Crippen LogP contribution is -2.35. The van der Waals surface area contributed by atoms with E-state index in [0.717, 1.165) is 15.9 Å². The summed E-state index contributed by atoms with van der Waals surface area (Å²) in [4.78, 5) is 13.0. The number of nitrogens with zero attached hydrogens (tertiary/aromatic N) is 4. The van der Waals surface area contributed by atoms with E-state index in [1.54, 1.807) is 41.1 Å². The number of alkyl halides is 3. The van der Waals surface area contributed by atoms with Crippen molar-refractivity contribution in [3.05, 3.63) is 82.1 Å². The van der Waals surface area contributed by atoms with Crippen LogP contribution in [0.3, 0.4) is 0 Å². The van der Waals surface area contributed by atoms with Gasteiger partial charge in [0.05, 0.1) is 26.8 Å². The Balaban J connectivity index is 1.37. The molecule has 2 N–H and O–H groups in total. The molecule has 210 valence electrons. The first-order valence-corrected chi connectivity index (χ1v) is 12.7. The smallest absolute Gasteiger partial charge is 0.410 e. The highest BCUT2D eigenvalue weighted by atomic mass is 35.5. The summed E-state index contributed by atoms with van der Waals surface area (Å²) in [6.07, 6.45) is -4.92. The van der Waals surface area contributed by atoms with Gasteiger partial charge in [-0.25, -0.2) is 4.68 Å². The number of carbonyl (C=O) groups excluding carboxylic acids is 1. The molecule has 5 rings (SSSR count). The van der Waals surface area contributed by atoms with Crippen LogP contribution in [-0.4, -0.2) is 45.9 Å². The number of fused-ring (bicyclic) bond motifs is 1. The average molecular weight is 575 g/mol. The van der Waals surface area contributed by atoms with E-state index >= 15 is 0 Å². The number of methoxy groups -OCH3 is 2. The number of hydrogen-bond acceptors (Lipinski definition) is 6. The minimum Gasteiger partial charge on any atom is -0.493 e. The molecule has 1 aliphatic heterocycles. The number of hydrogen-bond donors (Lipinski definition) is 2. The van der Waals surface area contributed by atoms with E-state index in [1.165, 1.54) is 20.3 Å². The van der Waals surface area contributed by atoms with E-state index in [1.807, 2.05) is 19.1 Å². The van der Waals surface area contributed by atoms with Crippen LogP contribution >= 0.6 is 11.6 Å². The van der Waals surface area contributed by atoms with Gasteiger partial charge in [0.15, 0.2) is 29.1 Å². The van der Waals surface area contributed by atoms with E-state index in [0.29, 0.717) is 28.6 Å². The normalized spacial score (nSPS) is 16.7. The molecule has 0 fully saturated rings. The zero-order valence-corrected chi connectivity index (χ0v) is 22.5. The number of amides is 1. The van der Waals surface area contributed by atoms with Crippen LogP contribution in [0.1, 0.15) is 45.8 Å². The number of ether oxygens (including phenoxy) is 2. The third kappa shape index (κ3) is 5.57. The van der Waals surface area contributed by atoms with Crippen molar-refractivity contribution in [1.29, 1.82) is 0 Å². The molecule has 1 amide bonds. The van der Waals surface area contributed by atoms with Gasteiger partial charge in [0.1, 0.15) is 5.82 Å². The molecule has 13 heteroatoms. The first-order valence-electron chi connectivity index (χ1n) is 12.3. The molecule has 3 heterocycles. The van der Waals surface area contributed by atoms with Crippen LogP contribution in [0.25, 0.3) is 0 Å². The average Bonchev–Trinajstić information content (AvgIpc) is 3.51. The maximum atomic E-state index is 14.1. The van der Waals surface area contributed by atoms with Crippen LogP contribution in [0.4, 0.5) is 24.8 Å². The molecular weight excluding hydrogens is 549 g/mol. The summed E-state index contributed by atoms with van der Waals surface area (Å²) in [6, 6.07) is 12.6. The Morgan fingerprint density at radius 1 is 1.07 bits per heavy atom. The van der Waals surface area contributed by atoms with Crippen LogP contribution < -0.4 is 20.1 Å². The molecule has 2 aromatic heterocycles. The molecule has 1 aliphatic rings. The van der Waals surface area contributed by atoms with Crippen molar-refractivity contribution in [1.82, 2.24) is 19.6 Å². The standard InChI is InChI=1S/C27H26ClF3N6O3/c1-15-10-24(35-36(15)14-16-4-7-18(28)8-5-16)33-26(38)20-13-25-32-19(12-23(27(29,30)31)37(25)34-20)17-6-9-21(39-2)22(11-17)40-3/h4-11,13,19,23,32H,12,14H2,1-3H3,(H,33,35,38)/t19-,23-/m1/s1. The topological polar surface area (TPSA) is 95.2 Å². The maximum Gasteiger partial charge on any atom is 0.410 e. The van der Waals surface area contributed by atoms with Crippen molar-refractivity contribution in [3.63, 3.8) is 0 Å². The monoisotopic (exact) mass is 574 g/mol. The Labute approximate surface area is 232 Å². The molecule has 0 saturated carbocycles. The van der Waals surface area contributed by atoms with Gasteiger partial charge in [-0.2, -0.15) is 23.4 Å². The number of benzene rings is 2. The van der Waals surface area contributed by atoms with Crippen molar-refractivity contribution in [2.75, 3.05) is 24.9 Å². The highest BCUT2D eigenvalue weighted by Crippen LogP contribution is 2.44. The number of carbonyl (C=O) groups is 1. The van der Waals surface area contributed by atoms with E-state index in [9.17, 15) is 18.0 Å². The molecule has 0 saturated heterocycles. The fourth-order valence-corrected chi connectivity index (χ4v) is 4.77. The Morgan fingerprint density at radius 3 is 2.48 bits per heavy atom. The fourth-order valence-electron chi connectivity index (χ4n) is 4.65. The maximum absolute atomic E-state index is 14.1. The van der Waals surface area contributed by atoms with Gasteiger partial charge in [0.2, 0.25) is 0 Å². The van der Waals surface area contributed by atoms with Gasteiger partial charge in [-0.3, -0.25) is 9.48 Å². The first-order chi connectivity index (χ1) is 19.0. The third-order valence-electron chi connectivity index (χ3n) is 6.70. The molecule has 0 spiro atoms. The quantitative estimate of drug-likeness (QED) is 0.280. The number of halogens is 4. The predicted octanol–water partition coefficient (Wildman–Crippen LogP) is 6.02. The second-order valence-corrected chi connectivity index (χ2v) is 9.81. The molecule has 0 unspecified atom stereocenters. The number of nitrogens with one attached hydrogen (secondary N) is 2. The van der Waals surface area contributed by atoms with Gasteiger partial charge in [-0.05, 0) is 42.3 Å². The second-order valence-electron chi connectivity index (χ2n) is 9.37. The number of aromatic nitrogens is 4. The third-order valence-corrected chi connectivity index (χ3v) is 6.95. The largest absolute Gasteiger partial charge is 0.493 e. The molecule has 0 aliphatic carbocycles. The highest BCUT2D eigenvalue weighted by Gasteiger charge is 2.47. The lowest BCUT2D eigenvalue weighted by Gasteiger charge is -2.33. The molecule has 9 nitrogen and oxygen atoms in total. The van der Waals surface area contributed by atoms with Crippen molar-refractivity contribution >= 4 is 29.1 Å². The Hall–Kier alpha value is -4.19. The van der Waals surface area contributed by atoms with Crippen LogP contribution in [0.15, 0.2) is 54.6 Å². The fraction of sp³-hybridized carbons (Fsp3) is 0.296. The van der Waals surface area contributed by atoms with E-state index < -0.39 is 24.2 Å². The molecular formula is C27H26ClF3N6O3. The van der Waals surface area contributed by atoms with Crippen LogP contribution in [-0.2, 0) is 6.54 Å². The van der Waals surface area contributed by atoms with Crippen molar-refractivity contribution in [2.45, 2.75) is 38.1 Å². The van der Waals surface area contributed by atoms with Crippen molar-refractivity contribution < 1.29 is 27.4 Å². The van der Waals surface area contributed by atoms with Gasteiger partial charge < -0.3 is 20.1 Å². The second kappa shape index (κ2) is 10.8. The SMILES string of the molecule is COc1ccc([C@H]2C[C@H](C(F)(F)F)n3nc(C(=O)Nc4cc(C)n(Cc5ccc(Cl)cc5)n4)cc3N2)cc1OC. The van der Waals surface area contributed by atoms with Gasteiger partial charge in [0, 0.05) is 29.3 Å². The lowest BCUT2D eigenvalue weighted by molar-refractivity contribution is -0.173. The first kappa shape index (κ1) is 27.4. The number of aryl methyl sites for hydroxylation is 1. The Kier molecular flexibility index (Phi) is 7.37. The molecule has 2 atom stereocenters. The number of anilines is 2. The van der Waals surface area contributed by atoms with E-state index in [4.69, 9.17) is 21.1 Å². The molecule has 4 aromatic rings. The molecule has 0 radical (unpaired) electrons. The molecule has 40 heavy (non-hydrogen) atoms. The summed E-state index contributed by atoms with van der Waals surface area (Å²) in [5.74, 6) is 0.511. The van der Waals surface area contributed by atoms with E-state index in [2.05, 4.69) is 20.8 Å². The summed E-state index contributed by atoms with van der Waals surface area (Å²) in [6.45, 7) is 2.28. The summed E-state index contributed by atoms with van der Waals surface area (Å²) in [5.41, 5.74) is 2.15. The van der Waals surface area contributed by atoms with Gasteiger partial charge >= 0.3 is 6.18 Å². The summed E-state index contributed by atoms with van der Waals surface area (Å²) in [7, 11) is 2.93. The molecule has 0 bridgehead atoms. The van der Waals surface area contributed by atoms with Crippen LogP contribution in [0.2, 0.25) is 5.02 Å². The number of rotatable bonds is 7. The van der Waals surface area contributed by atoms with E-state index in [-0.39, 0.29) is 23.8 Å². The van der Waals surface area contributed by atoms with Gasteiger partial charge in [0.25, 0.3) is 5.91 Å². The Bertz CT molecular complexity index is 1530. The summed E-state index contributed by atoms with van der Waals surface area (Å²) in [5, 5.41) is 14.8. The minimum absolute atomic E-state index is 0.0722. The molecule has 2 aromatic carbocycles. The van der Waals surface area contributed by atoms with Crippen LogP contribution in [0.5, 0.6) is 11.5 Å². The van der Waals surface area contributed by atoms with Gasteiger partial charge in [-0.15, -0.1) is 0 Å². The summed E-state index contributed by atoms with van der Waals surface area (Å²) < 4.78 is 55.4. The zero-order chi connectivity index (χ0) is 28.6. The lowest BCUT2D eigenvalue weighted by atomic mass is 9.96. The van der Waals surface area contributed by atoms with Crippen LogP contribution in [0, 0.1) is 6.92 Å². The van der Waals surface area contributed by atoms with Crippen molar-refractivity contribution in [2.24, 2.45) is 0 Å². The highest BCUT2D eigenvalue weighted by molar-refractivity contribution is 6.30. The summed E-state index contributed by atoms with van der Waals surface area (Å²) >= 11 is 5.95. The zero-order valence-electron chi connectivity index (χ0n) is 21.8. The predicted molar refractivity (Wildman–Crippen MR) is 143 cm³/mol. The van der Waals surface area contributed by atoms with Crippen molar-refractivity contribution in [3.8, 4) is 11.5 Å².